The van der Waals surface area contributed by atoms with E-state index >= 15 is 0 Å². The number of carbonyl (C=O) groups is 3. The fourth-order valence-electron chi connectivity index (χ4n) is 2.79. The third-order valence-electron chi connectivity index (χ3n) is 4.44. The van der Waals surface area contributed by atoms with Crippen molar-refractivity contribution < 1.29 is 29.7 Å². The van der Waals surface area contributed by atoms with Crippen LogP contribution in [0.4, 0.5) is 0 Å². The van der Waals surface area contributed by atoms with Gasteiger partial charge in [-0.15, -0.1) is 0 Å². The van der Waals surface area contributed by atoms with Gasteiger partial charge >= 0.3 is 17.9 Å². The van der Waals surface area contributed by atoms with Crippen LogP contribution in [0.5, 0.6) is 0 Å². The van der Waals surface area contributed by atoms with Crippen LogP contribution < -0.4 is 0 Å². The minimum atomic E-state index is -1.27. The standard InChI is InChI=1S/C21H32O6/c1-4-7-9-15(6-3)13-17(20(24)25)14-16(10-8-5-2)18(21(26)27)11-12-19(22)23/h11-12,14-15H,4-10,13H2,1-3H3,(H,22,23)(H,24,25)(H,26,27). The monoisotopic (exact) mass is 380 g/mol. The molecule has 0 rings (SSSR count). The van der Waals surface area contributed by atoms with Crippen molar-refractivity contribution in [3.05, 3.63) is 34.9 Å². The van der Waals surface area contributed by atoms with Crippen LogP contribution in [-0.2, 0) is 14.4 Å². The summed E-state index contributed by atoms with van der Waals surface area (Å²) in [7, 11) is 0. The van der Waals surface area contributed by atoms with Crippen LogP contribution in [0.25, 0.3) is 0 Å². The Kier molecular flexibility index (Phi) is 12.6. The van der Waals surface area contributed by atoms with Crippen molar-refractivity contribution in [2.45, 2.75) is 72.1 Å². The van der Waals surface area contributed by atoms with Gasteiger partial charge in [-0.05, 0) is 42.9 Å². The predicted octanol–water partition coefficient (Wildman–Crippen LogP) is 4.82. The van der Waals surface area contributed by atoms with E-state index in [-0.39, 0.29) is 17.1 Å². The fourth-order valence-corrected chi connectivity index (χ4v) is 2.79. The Labute approximate surface area is 161 Å². The topological polar surface area (TPSA) is 112 Å². The summed E-state index contributed by atoms with van der Waals surface area (Å²) >= 11 is 0. The van der Waals surface area contributed by atoms with Gasteiger partial charge in [-0.25, -0.2) is 14.4 Å². The molecule has 0 aliphatic rings. The second kappa shape index (κ2) is 13.8. The molecule has 0 radical (unpaired) electrons. The molecular weight excluding hydrogens is 348 g/mol. The molecule has 6 heteroatoms. The Hall–Kier alpha value is -2.37. The molecule has 27 heavy (non-hydrogen) atoms. The summed E-state index contributed by atoms with van der Waals surface area (Å²) in [6.45, 7) is 6.05. The molecule has 0 aromatic heterocycles. The van der Waals surface area contributed by atoms with Gasteiger partial charge in [0.25, 0.3) is 0 Å². The molecule has 0 bridgehead atoms. The lowest BCUT2D eigenvalue weighted by molar-refractivity contribution is -0.133. The Morgan fingerprint density at radius 2 is 1.52 bits per heavy atom. The number of unbranched alkanes of at least 4 members (excludes halogenated alkanes) is 2. The van der Waals surface area contributed by atoms with Crippen molar-refractivity contribution >= 4 is 17.9 Å². The van der Waals surface area contributed by atoms with E-state index in [1.165, 1.54) is 6.08 Å². The lowest BCUT2D eigenvalue weighted by Gasteiger charge is -2.16. The van der Waals surface area contributed by atoms with Crippen LogP contribution in [-0.4, -0.2) is 33.2 Å². The van der Waals surface area contributed by atoms with Gasteiger partial charge in [-0.2, -0.15) is 0 Å². The minimum absolute atomic E-state index is 0.173. The van der Waals surface area contributed by atoms with Crippen LogP contribution in [0, 0.1) is 5.92 Å². The van der Waals surface area contributed by atoms with Crippen LogP contribution in [0.2, 0.25) is 0 Å². The van der Waals surface area contributed by atoms with Crippen molar-refractivity contribution in [1.29, 1.82) is 0 Å². The van der Waals surface area contributed by atoms with Crippen molar-refractivity contribution in [3.8, 4) is 0 Å². The molecule has 0 saturated heterocycles. The molecule has 0 spiro atoms. The largest absolute Gasteiger partial charge is 0.478 e. The predicted molar refractivity (Wildman–Crippen MR) is 105 cm³/mol. The number of hydrogen-bond acceptors (Lipinski definition) is 3. The van der Waals surface area contributed by atoms with Gasteiger partial charge in [0.15, 0.2) is 0 Å². The summed E-state index contributed by atoms with van der Waals surface area (Å²) in [5, 5.41) is 27.9. The molecule has 6 nitrogen and oxygen atoms in total. The van der Waals surface area contributed by atoms with Crippen molar-refractivity contribution in [1.82, 2.24) is 0 Å². The van der Waals surface area contributed by atoms with E-state index in [1.54, 1.807) is 0 Å². The van der Waals surface area contributed by atoms with Crippen LogP contribution in [0.15, 0.2) is 34.9 Å². The minimum Gasteiger partial charge on any atom is -0.478 e. The highest BCUT2D eigenvalue weighted by Gasteiger charge is 2.17. The van der Waals surface area contributed by atoms with E-state index in [1.807, 2.05) is 13.8 Å². The zero-order chi connectivity index (χ0) is 20.8. The summed E-state index contributed by atoms with van der Waals surface area (Å²) in [5.41, 5.74) is 0.349. The van der Waals surface area contributed by atoms with Gasteiger partial charge in [0.05, 0.1) is 5.57 Å². The second-order valence-corrected chi connectivity index (χ2v) is 6.61. The summed E-state index contributed by atoms with van der Waals surface area (Å²) in [6.07, 6.45) is 9.30. The van der Waals surface area contributed by atoms with Crippen molar-refractivity contribution in [2.75, 3.05) is 0 Å². The quantitative estimate of drug-likeness (QED) is 0.294. The first-order valence-electron chi connectivity index (χ1n) is 9.57. The van der Waals surface area contributed by atoms with Gasteiger partial charge < -0.3 is 15.3 Å². The Morgan fingerprint density at radius 1 is 0.889 bits per heavy atom. The van der Waals surface area contributed by atoms with E-state index in [4.69, 9.17) is 5.11 Å². The smallest absolute Gasteiger partial charge is 0.335 e. The summed E-state index contributed by atoms with van der Waals surface area (Å²) < 4.78 is 0. The van der Waals surface area contributed by atoms with Crippen LogP contribution in [0.1, 0.15) is 72.1 Å². The fraction of sp³-hybridized carbons (Fsp3) is 0.571. The third-order valence-corrected chi connectivity index (χ3v) is 4.44. The van der Waals surface area contributed by atoms with E-state index in [0.29, 0.717) is 24.8 Å². The van der Waals surface area contributed by atoms with E-state index < -0.39 is 17.9 Å². The molecule has 0 heterocycles. The molecule has 0 saturated carbocycles. The molecule has 0 aliphatic heterocycles. The number of hydrogen-bond donors (Lipinski definition) is 3. The molecule has 0 aliphatic carbocycles. The number of rotatable bonds is 14. The first-order valence-corrected chi connectivity index (χ1v) is 9.57. The maximum atomic E-state index is 11.7. The maximum absolute atomic E-state index is 11.7. The molecule has 0 aromatic carbocycles. The lowest BCUT2D eigenvalue weighted by Crippen LogP contribution is -2.10. The van der Waals surface area contributed by atoms with E-state index in [9.17, 15) is 24.6 Å². The number of allylic oxidation sites excluding steroid dienone is 2. The van der Waals surface area contributed by atoms with E-state index in [2.05, 4.69) is 6.92 Å². The molecule has 3 N–H and O–H groups in total. The second-order valence-electron chi connectivity index (χ2n) is 6.61. The van der Waals surface area contributed by atoms with Crippen molar-refractivity contribution in [3.63, 3.8) is 0 Å². The first kappa shape index (κ1) is 24.6. The highest BCUT2D eigenvalue weighted by molar-refractivity contribution is 5.94. The summed E-state index contributed by atoms with van der Waals surface area (Å²) in [5.74, 6) is -3.36. The number of carboxylic acids is 3. The molecule has 0 aromatic rings. The van der Waals surface area contributed by atoms with Gasteiger partial charge in [0, 0.05) is 11.6 Å². The SMILES string of the molecule is CCCCC(C=C(CC(CC)CCCC)C(=O)O)=C(C=CC(=O)O)C(=O)O. The normalized spacial score (nSPS) is 14.1. The number of carboxylic acid groups (broad SMARTS) is 3. The first-order chi connectivity index (χ1) is 12.8. The lowest BCUT2D eigenvalue weighted by atomic mass is 9.89. The molecular formula is C21H32O6. The summed E-state index contributed by atoms with van der Waals surface area (Å²) in [4.78, 5) is 34.1. The average Bonchev–Trinajstić information content (AvgIpc) is 2.60. The van der Waals surface area contributed by atoms with Crippen LogP contribution >= 0.6 is 0 Å². The highest BCUT2D eigenvalue weighted by Crippen LogP contribution is 2.25. The Balaban J connectivity index is 6.01. The molecule has 0 fully saturated rings. The Morgan fingerprint density at radius 3 is 1.96 bits per heavy atom. The zero-order valence-corrected chi connectivity index (χ0v) is 16.5. The third kappa shape index (κ3) is 10.4. The molecule has 152 valence electrons. The van der Waals surface area contributed by atoms with E-state index in [0.717, 1.165) is 44.3 Å². The van der Waals surface area contributed by atoms with Gasteiger partial charge in [0.2, 0.25) is 0 Å². The maximum Gasteiger partial charge on any atom is 0.335 e. The molecule has 1 atom stereocenters. The molecule has 0 amide bonds. The molecule has 1 unspecified atom stereocenters. The highest BCUT2D eigenvalue weighted by atomic mass is 16.4. The van der Waals surface area contributed by atoms with Gasteiger partial charge in [0.1, 0.15) is 0 Å². The number of aliphatic carboxylic acids is 3. The summed E-state index contributed by atoms with van der Waals surface area (Å²) in [6, 6.07) is 0. The van der Waals surface area contributed by atoms with Crippen LogP contribution in [0.3, 0.4) is 0 Å². The van der Waals surface area contributed by atoms with Crippen molar-refractivity contribution in [2.24, 2.45) is 5.92 Å². The average molecular weight is 380 g/mol. The Bertz CT molecular complexity index is 598. The van der Waals surface area contributed by atoms with Gasteiger partial charge in [-0.1, -0.05) is 52.9 Å². The van der Waals surface area contributed by atoms with Gasteiger partial charge in [-0.3, -0.25) is 0 Å². The zero-order valence-electron chi connectivity index (χ0n) is 16.5.